The number of imide groups is 1. The van der Waals surface area contributed by atoms with Crippen molar-refractivity contribution in [1.29, 1.82) is 0 Å². The number of nitrogens with one attached hydrogen (secondary N) is 1. The van der Waals surface area contributed by atoms with Crippen molar-refractivity contribution < 1.29 is 9.59 Å². The van der Waals surface area contributed by atoms with Gasteiger partial charge in [0.2, 0.25) is 5.91 Å². The molecule has 0 unspecified atom stereocenters. The summed E-state index contributed by atoms with van der Waals surface area (Å²) < 4.78 is 0. The zero-order chi connectivity index (χ0) is 12.5. The van der Waals surface area contributed by atoms with Crippen LogP contribution in [0.4, 0.5) is 4.79 Å². The molecule has 0 saturated carbocycles. The Balaban J connectivity index is 1.95. The molecular weight excluding hydrogens is 230 g/mol. The van der Waals surface area contributed by atoms with Crippen molar-refractivity contribution in [2.75, 3.05) is 6.54 Å². The van der Waals surface area contributed by atoms with E-state index < -0.39 is 0 Å². The van der Waals surface area contributed by atoms with Crippen LogP contribution in [0.2, 0.25) is 0 Å². The third-order valence-corrected chi connectivity index (χ3v) is 2.97. The average Bonchev–Trinajstić information content (AvgIpc) is 2.68. The van der Waals surface area contributed by atoms with Gasteiger partial charge in [-0.3, -0.25) is 15.1 Å². The zero-order valence-corrected chi connectivity index (χ0v) is 9.59. The third kappa shape index (κ3) is 1.79. The summed E-state index contributed by atoms with van der Waals surface area (Å²) >= 11 is 0. The van der Waals surface area contributed by atoms with Crippen LogP contribution in [0.1, 0.15) is 5.56 Å². The SMILES string of the molecule is O=C1CN(Cc2ccnc3ccccc23)C(=O)N1. The van der Waals surface area contributed by atoms with Gasteiger partial charge in [-0.05, 0) is 17.7 Å². The highest BCUT2D eigenvalue weighted by Crippen LogP contribution is 2.18. The fraction of sp³-hybridized carbons (Fsp3) is 0.154. The predicted octanol–water partition coefficient (Wildman–Crippen LogP) is 1.29. The van der Waals surface area contributed by atoms with Gasteiger partial charge >= 0.3 is 6.03 Å². The lowest BCUT2D eigenvalue weighted by Gasteiger charge is -2.14. The molecule has 18 heavy (non-hydrogen) atoms. The fourth-order valence-corrected chi connectivity index (χ4v) is 2.11. The highest BCUT2D eigenvalue weighted by atomic mass is 16.2. The average molecular weight is 241 g/mol. The van der Waals surface area contributed by atoms with Crippen LogP contribution >= 0.6 is 0 Å². The molecule has 1 saturated heterocycles. The van der Waals surface area contributed by atoms with Gasteiger partial charge in [-0.2, -0.15) is 0 Å². The first-order valence-corrected chi connectivity index (χ1v) is 5.65. The van der Waals surface area contributed by atoms with Crippen molar-refractivity contribution in [3.63, 3.8) is 0 Å². The number of nitrogens with zero attached hydrogens (tertiary/aromatic N) is 2. The number of urea groups is 1. The van der Waals surface area contributed by atoms with Crippen LogP contribution < -0.4 is 5.32 Å². The largest absolute Gasteiger partial charge is 0.324 e. The number of hydrogen-bond acceptors (Lipinski definition) is 3. The third-order valence-electron chi connectivity index (χ3n) is 2.97. The van der Waals surface area contributed by atoms with Crippen LogP contribution in [-0.4, -0.2) is 28.4 Å². The normalized spacial score (nSPS) is 15.2. The maximum absolute atomic E-state index is 11.5. The van der Waals surface area contributed by atoms with E-state index in [0.717, 1.165) is 16.5 Å². The number of fused-ring (bicyclic) bond motifs is 1. The molecule has 0 radical (unpaired) electrons. The molecule has 3 amide bonds. The number of para-hydroxylation sites is 1. The van der Waals surface area contributed by atoms with Gasteiger partial charge in [0.05, 0.1) is 5.52 Å². The van der Waals surface area contributed by atoms with E-state index in [1.54, 1.807) is 6.20 Å². The van der Waals surface area contributed by atoms with Crippen molar-refractivity contribution in [1.82, 2.24) is 15.2 Å². The Morgan fingerprint density at radius 1 is 1.22 bits per heavy atom. The van der Waals surface area contributed by atoms with Gasteiger partial charge in [0.15, 0.2) is 0 Å². The minimum atomic E-state index is -0.333. The summed E-state index contributed by atoms with van der Waals surface area (Å²) in [4.78, 5) is 28.4. The summed E-state index contributed by atoms with van der Waals surface area (Å²) in [6, 6.07) is 9.29. The van der Waals surface area contributed by atoms with Crippen molar-refractivity contribution in [2.45, 2.75) is 6.54 Å². The highest BCUT2D eigenvalue weighted by Gasteiger charge is 2.26. The second-order valence-corrected chi connectivity index (χ2v) is 4.20. The number of hydrogen-bond donors (Lipinski definition) is 1. The summed E-state index contributed by atoms with van der Waals surface area (Å²) in [7, 11) is 0. The first-order chi connectivity index (χ1) is 8.74. The monoisotopic (exact) mass is 241 g/mol. The molecule has 0 bridgehead atoms. The van der Waals surface area contributed by atoms with Gasteiger partial charge < -0.3 is 4.90 Å². The summed E-state index contributed by atoms with van der Waals surface area (Å²) in [5, 5.41) is 3.27. The lowest BCUT2D eigenvalue weighted by atomic mass is 10.1. The summed E-state index contributed by atoms with van der Waals surface area (Å²) in [6.45, 7) is 0.538. The Hall–Kier alpha value is -2.43. The van der Waals surface area contributed by atoms with E-state index in [1.165, 1.54) is 4.90 Å². The van der Waals surface area contributed by atoms with Gasteiger partial charge in [-0.15, -0.1) is 0 Å². The molecule has 5 heteroatoms. The number of pyridine rings is 1. The van der Waals surface area contributed by atoms with Gasteiger partial charge in [0, 0.05) is 18.1 Å². The van der Waals surface area contributed by atoms with Crippen molar-refractivity contribution in [3.8, 4) is 0 Å². The number of rotatable bonds is 2. The van der Waals surface area contributed by atoms with Crippen LogP contribution in [-0.2, 0) is 11.3 Å². The van der Waals surface area contributed by atoms with Gasteiger partial charge in [0.25, 0.3) is 0 Å². The Bertz CT molecular complexity index is 634. The smallest absolute Gasteiger partial charge is 0.311 e. The molecule has 1 aromatic heterocycles. The van der Waals surface area contributed by atoms with Crippen LogP contribution in [0.3, 0.4) is 0 Å². The molecule has 2 aromatic rings. The Morgan fingerprint density at radius 3 is 2.83 bits per heavy atom. The Labute approximate surface area is 103 Å². The van der Waals surface area contributed by atoms with E-state index in [-0.39, 0.29) is 18.5 Å². The molecule has 5 nitrogen and oxygen atoms in total. The van der Waals surface area contributed by atoms with Gasteiger partial charge in [-0.1, -0.05) is 18.2 Å². The van der Waals surface area contributed by atoms with Crippen LogP contribution in [0.15, 0.2) is 36.5 Å². The minimum absolute atomic E-state index is 0.121. The zero-order valence-electron chi connectivity index (χ0n) is 9.59. The molecule has 3 rings (SSSR count). The second kappa shape index (κ2) is 4.10. The molecule has 1 N–H and O–H groups in total. The van der Waals surface area contributed by atoms with E-state index in [9.17, 15) is 9.59 Å². The standard InChI is InChI=1S/C13H11N3O2/c17-12-8-16(13(18)15-12)7-9-5-6-14-11-4-2-1-3-10(9)11/h1-6H,7-8H2,(H,15,17,18). The maximum atomic E-state index is 11.5. The minimum Gasteiger partial charge on any atom is -0.311 e. The molecule has 1 aliphatic heterocycles. The molecule has 1 aromatic carbocycles. The summed E-state index contributed by atoms with van der Waals surface area (Å²) in [5.41, 5.74) is 1.88. The molecule has 1 aliphatic rings. The number of carbonyl (C=O) groups excluding carboxylic acids is 2. The number of aromatic nitrogens is 1. The lowest BCUT2D eigenvalue weighted by molar-refractivity contribution is -0.118. The molecule has 2 heterocycles. The molecule has 90 valence electrons. The predicted molar refractivity (Wildman–Crippen MR) is 65.7 cm³/mol. The van der Waals surface area contributed by atoms with Crippen LogP contribution in [0, 0.1) is 0 Å². The first-order valence-electron chi connectivity index (χ1n) is 5.65. The number of amides is 3. The highest BCUT2D eigenvalue weighted by molar-refractivity contribution is 6.02. The molecule has 0 aliphatic carbocycles. The summed E-state index contributed by atoms with van der Waals surface area (Å²) in [5.74, 6) is -0.252. The maximum Gasteiger partial charge on any atom is 0.324 e. The van der Waals surface area contributed by atoms with E-state index in [4.69, 9.17) is 0 Å². The lowest BCUT2D eigenvalue weighted by Crippen LogP contribution is -2.27. The molecular formula is C13H11N3O2. The van der Waals surface area contributed by atoms with E-state index >= 15 is 0 Å². The van der Waals surface area contributed by atoms with E-state index in [2.05, 4.69) is 10.3 Å². The Kier molecular flexibility index (Phi) is 2.44. The molecule has 1 fully saturated rings. The first kappa shape index (κ1) is 10.7. The molecule has 0 atom stereocenters. The fourth-order valence-electron chi connectivity index (χ4n) is 2.11. The second-order valence-electron chi connectivity index (χ2n) is 4.20. The van der Waals surface area contributed by atoms with E-state index in [0.29, 0.717) is 6.54 Å². The van der Waals surface area contributed by atoms with E-state index in [1.807, 2.05) is 30.3 Å². The van der Waals surface area contributed by atoms with Gasteiger partial charge in [-0.25, -0.2) is 4.79 Å². The summed E-state index contributed by atoms with van der Waals surface area (Å²) in [6.07, 6.45) is 1.72. The van der Waals surface area contributed by atoms with Gasteiger partial charge in [0.1, 0.15) is 6.54 Å². The Morgan fingerprint density at radius 2 is 2.06 bits per heavy atom. The number of benzene rings is 1. The van der Waals surface area contributed by atoms with Crippen molar-refractivity contribution in [2.24, 2.45) is 0 Å². The quantitative estimate of drug-likeness (QED) is 0.806. The van der Waals surface area contributed by atoms with Crippen LogP contribution in [0.25, 0.3) is 10.9 Å². The van der Waals surface area contributed by atoms with Crippen molar-refractivity contribution >= 4 is 22.8 Å². The number of carbonyl (C=O) groups is 2. The van der Waals surface area contributed by atoms with Crippen molar-refractivity contribution in [3.05, 3.63) is 42.1 Å². The molecule has 0 spiro atoms. The topological polar surface area (TPSA) is 62.3 Å². The van der Waals surface area contributed by atoms with Crippen LogP contribution in [0.5, 0.6) is 0 Å².